The molecule has 1 aromatic heterocycles. The van der Waals surface area contributed by atoms with E-state index in [0.717, 1.165) is 29.9 Å². The van der Waals surface area contributed by atoms with E-state index in [1.54, 1.807) is 0 Å². The van der Waals surface area contributed by atoms with Crippen LogP contribution in [-0.2, 0) is 9.53 Å². The largest absolute Gasteiger partial charge is 0.368 e. The molecule has 0 radical (unpaired) electrons. The van der Waals surface area contributed by atoms with E-state index in [0.29, 0.717) is 6.61 Å². The van der Waals surface area contributed by atoms with Crippen LogP contribution in [0.15, 0.2) is 0 Å². The summed E-state index contributed by atoms with van der Waals surface area (Å²) < 4.78 is 7.31. The molecule has 1 aliphatic rings. The fourth-order valence-corrected chi connectivity index (χ4v) is 2.33. The first-order valence-corrected chi connectivity index (χ1v) is 6.49. The van der Waals surface area contributed by atoms with Gasteiger partial charge < -0.3 is 10.1 Å². The van der Waals surface area contributed by atoms with E-state index in [9.17, 15) is 4.79 Å². The van der Waals surface area contributed by atoms with Crippen LogP contribution in [0.3, 0.4) is 0 Å². The summed E-state index contributed by atoms with van der Waals surface area (Å²) in [6.07, 6.45) is 1.47. The minimum Gasteiger partial charge on any atom is -0.368 e. The van der Waals surface area contributed by atoms with Crippen molar-refractivity contribution in [2.75, 3.05) is 11.9 Å². The van der Waals surface area contributed by atoms with E-state index < -0.39 is 0 Å². The Kier molecular flexibility index (Phi) is 3.71. The van der Waals surface area contributed by atoms with Gasteiger partial charge >= 0.3 is 0 Å². The lowest BCUT2D eigenvalue weighted by atomic mass is 10.2. The molecule has 1 amide bonds. The lowest BCUT2D eigenvalue weighted by Gasteiger charge is -2.12. The minimum absolute atomic E-state index is 0.0537. The number of anilines is 1. The molecule has 1 aliphatic heterocycles. The molecule has 1 N–H and O–H groups in total. The summed E-state index contributed by atoms with van der Waals surface area (Å²) in [5, 5.41) is 7.40. The predicted molar refractivity (Wildman–Crippen MR) is 69.7 cm³/mol. The second-order valence-electron chi connectivity index (χ2n) is 5.08. The van der Waals surface area contributed by atoms with Crippen molar-refractivity contribution in [2.45, 2.75) is 52.7 Å². The zero-order valence-corrected chi connectivity index (χ0v) is 11.5. The van der Waals surface area contributed by atoms with Gasteiger partial charge in [0, 0.05) is 12.6 Å². The van der Waals surface area contributed by atoms with Gasteiger partial charge in [0.15, 0.2) is 0 Å². The maximum atomic E-state index is 12.0. The Bertz CT molecular complexity index is 445. The molecule has 1 fully saturated rings. The number of nitrogens with one attached hydrogen (secondary N) is 1. The van der Waals surface area contributed by atoms with Crippen LogP contribution in [0.1, 0.15) is 44.1 Å². The Morgan fingerprint density at radius 1 is 1.50 bits per heavy atom. The van der Waals surface area contributed by atoms with Gasteiger partial charge in [-0.1, -0.05) is 0 Å². The molecule has 5 heteroatoms. The van der Waals surface area contributed by atoms with Crippen LogP contribution < -0.4 is 5.32 Å². The van der Waals surface area contributed by atoms with Crippen molar-refractivity contribution in [3.8, 4) is 0 Å². The van der Waals surface area contributed by atoms with Crippen LogP contribution in [-0.4, -0.2) is 28.4 Å². The van der Waals surface area contributed by atoms with Crippen LogP contribution in [0.4, 0.5) is 5.69 Å². The molecule has 2 rings (SSSR count). The Morgan fingerprint density at radius 2 is 2.22 bits per heavy atom. The van der Waals surface area contributed by atoms with Crippen molar-refractivity contribution < 1.29 is 9.53 Å². The van der Waals surface area contributed by atoms with E-state index in [4.69, 9.17) is 4.74 Å². The van der Waals surface area contributed by atoms with Crippen LogP contribution in [0.2, 0.25) is 0 Å². The highest BCUT2D eigenvalue weighted by molar-refractivity contribution is 5.95. The molecule has 100 valence electrons. The summed E-state index contributed by atoms with van der Waals surface area (Å²) in [5.74, 6) is -0.0537. The molecule has 0 bridgehead atoms. The second-order valence-corrected chi connectivity index (χ2v) is 5.08. The molecule has 0 aliphatic carbocycles. The highest BCUT2D eigenvalue weighted by Crippen LogP contribution is 2.23. The van der Waals surface area contributed by atoms with Crippen molar-refractivity contribution in [2.24, 2.45) is 0 Å². The average molecular weight is 251 g/mol. The maximum absolute atomic E-state index is 12.0. The summed E-state index contributed by atoms with van der Waals surface area (Å²) in [6.45, 7) is 8.72. The van der Waals surface area contributed by atoms with Crippen molar-refractivity contribution >= 4 is 11.6 Å². The number of carbonyl (C=O) groups is 1. The van der Waals surface area contributed by atoms with E-state index in [1.807, 2.05) is 18.5 Å². The summed E-state index contributed by atoms with van der Waals surface area (Å²) in [7, 11) is 0. The number of aromatic nitrogens is 2. The highest BCUT2D eigenvalue weighted by atomic mass is 16.5. The van der Waals surface area contributed by atoms with Gasteiger partial charge in [-0.2, -0.15) is 5.10 Å². The van der Waals surface area contributed by atoms with Crippen LogP contribution >= 0.6 is 0 Å². The molecule has 18 heavy (non-hydrogen) atoms. The van der Waals surface area contributed by atoms with E-state index in [1.165, 1.54) is 0 Å². The molecule has 1 atom stereocenters. The van der Waals surface area contributed by atoms with Gasteiger partial charge in [-0.15, -0.1) is 0 Å². The predicted octanol–water partition coefficient (Wildman–Crippen LogP) is 2.20. The molecular weight excluding hydrogens is 230 g/mol. The van der Waals surface area contributed by atoms with E-state index in [-0.39, 0.29) is 18.1 Å². The van der Waals surface area contributed by atoms with Gasteiger partial charge in [0.2, 0.25) is 0 Å². The lowest BCUT2D eigenvalue weighted by molar-refractivity contribution is -0.124. The molecule has 2 heterocycles. The third-order valence-electron chi connectivity index (χ3n) is 3.28. The zero-order valence-electron chi connectivity index (χ0n) is 11.5. The first-order valence-electron chi connectivity index (χ1n) is 6.49. The number of amides is 1. The Hall–Kier alpha value is -1.36. The third-order valence-corrected chi connectivity index (χ3v) is 3.28. The SMILES string of the molecule is Cc1nn(C(C)C)c(C)c1NC(=O)C1CCCO1. The topological polar surface area (TPSA) is 56.2 Å². The molecule has 0 aromatic carbocycles. The van der Waals surface area contributed by atoms with Crippen LogP contribution in [0, 0.1) is 13.8 Å². The number of aryl methyl sites for hydroxylation is 1. The van der Waals surface area contributed by atoms with Crippen molar-refractivity contribution in [1.29, 1.82) is 0 Å². The van der Waals surface area contributed by atoms with Crippen molar-refractivity contribution in [1.82, 2.24) is 9.78 Å². The first kappa shape index (κ1) is 13.1. The smallest absolute Gasteiger partial charge is 0.253 e. The van der Waals surface area contributed by atoms with Crippen molar-refractivity contribution in [3.05, 3.63) is 11.4 Å². The highest BCUT2D eigenvalue weighted by Gasteiger charge is 2.25. The van der Waals surface area contributed by atoms with Crippen molar-refractivity contribution in [3.63, 3.8) is 0 Å². The number of rotatable bonds is 3. The number of ether oxygens (including phenoxy) is 1. The molecule has 5 nitrogen and oxygen atoms in total. The average Bonchev–Trinajstić information content (AvgIpc) is 2.92. The summed E-state index contributed by atoms with van der Waals surface area (Å²) in [5.41, 5.74) is 2.67. The molecule has 0 saturated carbocycles. The van der Waals surface area contributed by atoms with E-state index in [2.05, 4.69) is 24.3 Å². The molecule has 1 aromatic rings. The Morgan fingerprint density at radius 3 is 2.72 bits per heavy atom. The lowest BCUT2D eigenvalue weighted by Crippen LogP contribution is -2.27. The standard InChI is InChI=1S/C13H21N3O2/c1-8(2)16-10(4)12(9(3)15-16)14-13(17)11-6-5-7-18-11/h8,11H,5-7H2,1-4H3,(H,14,17). The van der Waals surface area contributed by atoms with E-state index >= 15 is 0 Å². The quantitative estimate of drug-likeness (QED) is 0.896. The Balaban J connectivity index is 2.16. The number of hydrogen-bond acceptors (Lipinski definition) is 3. The second kappa shape index (κ2) is 5.10. The fraction of sp³-hybridized carbons (Fsp3) is 0.692. The summed E-state index contributed by atoms with van der Waals surface area (Å²) in [4.78, 5) is 12.0. The van der Waals surface area contributed by atoms with Crippen LogP contribution in [0.25, 0.3) is 0 Å². The van der Waals surface area contributed by atoms with Gasteiger partial charge in [0.25, 0.3) is 5.91 Å². The fourth-order valence-electron chi connectivity index (χ4n) is 2.33. The first-order chi connectivity index (χ1) is 8.50. The molecule has 1 saturated heterocycles. The minimum atomic E-state index is -0.300. The van der Waals surface area contributed by atoms with Crippen LogP contribution in [0.5, 0.6) is 0 Å². The normalized spacial score (nSPS) is 19.5. The molecule has 0 spiro atoms. The van der Waals surface area contributed by atoms with Gasteiger partial charge in [-0.25, -0.2) is 0 Å². The summed E-state index contributed by atoms with van der Waals surface area (Å²) in [6, 6.07) is 0.289. The van der Waals surface area contributed by atoms with Gasteiger partial charge in [-0.3, -0.25) is 9.48 Å². The number of nitrogens with zero attached hydrogens (tertiary/aromatic N) is 2. The van der Waals surface area contributed by atoms with Gasteiger partial charge in [-0.05, 0) is 40.5 Å². The zero-order chi connectivity index (χ0) is 13.3. The maximum Gasteiger partial charge on any atom is 0.253 e. The van der Waals surface area contributed by atoms with Gasteiger partial charge in [0.05, 0.1) is 17.1 Å². The number of carbonyl (C=O) groups excluding carboxylic acids is 1. The number of hydrogen-bond donors (Lipinski definition) is 1. The molecule has 1 unspecified atom stereocenters. The monoisotopic (exact) mass is 251 g/mol. The van der Waals surface area contributed by atoms with Gasteiger partial charge in [0.1, 0.15) is 6.10 Å². The summed E-state index contributed by atoms with van der Waals surface area (Å²) >= 11 is 0. The Labute approximate surface area is 108 Å². The molecular formula is C13H21N3O2. The third kappa shape index (κ3) is 2.41.